The van der Waals surface area contributed by atoms with E-state index in [0.717, 1.165) is 0 Å². The molecule has 0 radical (unpaired) electrons. The molecule has 0 aliphatic rings. The first-order valence-electron chi connectivity index (χ1n) is 5.35. The van der Waals surface area contributed by atoms with E-state index in [1.807, 2.05) is 0 Å². The number of carboxylic acids is 1. The van der Waals surface area contributed by atoms with Gasteiger partial charge >= 0.3 is 5.97 Å². The summed E-state index contributed by atoms with van der Waals surface area (Å²) in [6.07, 6.45) is -0.0886. The first-order valence-corrected chi connectivity index (χ1v) is 5.73. The predicted octanol–water partition coefficient (Wildman–Crippen LogP) is 1.24. The first kappa shape index (κ1) is 14.7. The molecule has 100 valence electrons. The van der Waals surface area contributed by atoms with Crippen molar-refractivity contribution in [3.63, 3.8) is 0 Å². The monoisotopic (exact) mass is 274 g/mol. The van der Waals surface area contributed by atoms with Gasteiger partial charge in [0.15, 0.2) is 5.69 Å². The summed E-state index contributed by atoms with van der Waals surface area (Å²) in [6.45, 7) is 0.717. The summed E-state index contributed by atoms with van der Waals surface area (Å²) in [7, 11) is 1.51. The number of ether oxygens (including phenoxy) is 1. The molecule has 0 saturated carbocycles. The van der Waals surface area contributed by atoms with E-state index < -0.39 is 12.1 Å². The van der Waals surface area contributed by atoms with Gasteiger partial charge in [-0.3, -0.25) is 0 Å². The minimum absolute atomic E-state index is 0.0902. The molecule has 6 nitrogen and oxygen atoms in total. The van der Waals surface area contributed by atoms with E-state index in [2.05, 4.69) is 10.3 Å². The van der Waals surface area contributed by atoms with Crippen LogP contribution in [-0.2, 0) is 4.74 Å². The molecule has 1 aromatic heterocycles. The van der Waals surface area contributed by atoms with E-state index in [4.69, 9.17) is 21.4 Å². The van der Waals surface area contributed by atoms with Gasteiger partial charge in [-0.2, -0.15) is 0 Å². The third-order valence-electron chi connectivity index (χ3n) is 2.19. The zero-order valence-electron chi connectivity index (χ0n) is 9.89. The number of methoxy groups -OCH3 is 1. The molecule has 1 aromatic rings. The molecule has 3 N–H and O–H groups in total. The Morgan fingerprint density at radius 2 is 2.33 bits per heavy atom. The average Bonchev–Trinajstić information content (AvgIpc) is 2.31. The minimum Gasteiger partial charge on any atom is -0.476 e. The fraction of sp³-hybridized carbons (Fsp3) is 0.455. The molecule has 1 atom stereocenters. The van der Waals surface area contributed by atoms with E-state index in [9.17, 15) is 9.90 Å². The first-order chi connectivity index (χ1) is 8.54. The standard InChI is InChI=1S/C11H15ClN2O4/c1-18-6-7(15)4-5-13-9-3-2-8(12)10(14-9)11(16)17/h2-3,7,15H,4-6H2,1H3,(H,13,14)(H,16,17). The summed E-state index contributed by atoms with van der Waals surface area (Å²) in [5.41, 5.74) is -0.195. The number of hydrogen-bond acceptors (Lipinski definition) is 5. The summed E-state index contributed by atoms with van der Waals surface area (Å²) in [6, 6.07) is 3.05. The number of halogens is 1. The van der Waals surface area contributed by atoms with Crippen LogP contribution in [0.3, 0.4) is 0 Å². The molecule has 0 bridgehead atoms. The van der Waals surface area contributed by atoms with E-state index in [1.165, 1.54) is 13.2 Å². The Morgan fingerprint density at radius 3 is 2.94 bits per heavy atom. The lowest BCUT2D eigenvalue weighted by Gasteiger charge is -2.11. The molecule has 0 fully saturated rings. The minimum atomic E-state index is -1.18. The number of aromatic nitrogens is 1. The number of aromatic carboxylic acids is 1. The molecule has 18 heavy (non-hydrogen) atoms. The molecule has 7 heteroatoms. The normalized spacial score (nSPS) is 12.2. The zero-order chi connectivity index (χ0) is 13.5. The highest BCUT2D eigenvalue weighted by Gasteiger charge is 2.11. The van der Waals surface area contributed by atoms with Crippen molar-refractivity contribution in [3.05, 3.63) is 22.8 Å². The maximum Gasteiger partial charge on any atom is 0.356 e. The third kappa shape index (κ3) is 4.48. The molecular formula is C11H15ClN2O4. The van der Waals surface area contributed by atoms with Gasteiger partial charge in [-0.25, -0.2) is 9.78 Å². The van der Waals surface area contributed by atoms with Crippen molar-refractivity contribution in [2.24, 2.45) is 0 Å². The smallest absolute Gasteiger partial charge is 0.356 e. The molecule has 1 heterocycles. The molecule has 0 saturated heterocycles. The number of rotatable bonds is 7. The van der Waals surface area contributed by atoms with E-state index >= 15 is 0 Å². The van der Waals surface area contributed by atoms with Crippen LogP contribution in [0, 0.1) is 0 Å². The van der Waals surface area contributed by atoms with Crippen LogP contribution >= 0.6 is 11.6 Å². The van der Waals surface area contributed by atoms with Crippen molar-refractivity contribution < 1.29 is 19.7 Å². The molecule has 0 amide bonds. The van der Waals surface area contributed by atoms with Gasteiger partial charge in [-0.1, -0.05) is 11.6 Å². The van der Waals surface area contributed by atoms with Crippen LogP contribution < -0.4 is 5.32 Å². The number of pyridine rings is 1. The highest BCUT2D eigenvalue weighted by atomic mass is 35.5. The predicted molar refractivity (Wildman–Crippen MR) is 67.2 cm³/mol. The molecular weight excluding hydrogens is 260 g/mol. The van der Waals surface area contributed by atoms with Gasteiger partial charge in [0, 0.05) is 13.7 Å². The maximum atomic E-state index is 10.8. The number of hydrogen-bond donors (Lipinski definition) is 3. The Morgan fingerprint density at radius 1 is 1.61 bits per heavy atom. The lowest BCUT2D eigenvalue weighted by Crippen LogP contribution is -2.18. The Hall–Kier alpha value is -1.37. The maximum absolute atomic E-state index is 10.8. The second kappa shape index (κ2) is 7.15. The quantitative estimate of drug-likeness (QED) is 0.693. The SMILES string of the molecule is COCC(O)CCNc1ccc(Cl)c(C(=O)O)n1. The lowest BCUT2D eigenvalue weighted by atomic mass is 10.2. The summed E-state index contributed by atoms with van der Waals surface area (Å²) in [5.74, 6) is -0.774. The van der Waals surface area contributed by atoms with Crippen molar-refractivity contribution in [2.45, 2.75) is 12.5 Å². The summed E-state index contributed by atoms with van der Waals surface area (Å²) in [4.78, 5) is 14.7. The van der Waals surface area contributed by atoms with Crippen LogP contribution in [0.15, 0.2) is 12.1 Å². The van der Waals surface area contributed by atoms with E-state index in [0.29, 0.717) is 18.8 Å². The second-order valence-corrected chi connectivity index (χ2v) is 4.06. The summed E-state index contributed by atoms with van der Waals surface area (Å²) in [5, 5.41) is 21.3. The second-order valence-electron chi connectivity index (χ2n) is 3.66. The van der Waals surface area contributed by atoms with Crippen molar-refractivity contribution in [1.82, 2.24) is 4.98 Å². The van der Waals surface area contributed by atoms with Crippen LogP contribution in [0.1, 0.15) is 16.9 Å². The number of anilines is 1. The fourth-order valence-electron chi connectivity index (χ4n) is 1.33. The van der Waals surface area contributed by atoms with Gasteiger partial charge in [-0.05, 0) is 18.6 Å². The summed E-state index contributed by atoms with van der Waals surface area (Å²) < 4.78 is 4.78. The van der Waals surface area contributed by atoms with Crippen LogP contribution in [0.25, 0.3) is 0 Å². The molecule has 1 rings (SSSR count). The highest BCUT2D eigenvalue weighted by Crippen LogP contribution is 2.16. The molecule has 0 aromatic carbocycles. The van der Waals surface area contributed by atoms with Crippen LogP contribution in [0.4, 0.5) is 5.82 Å². The average molecular weight is 275 g/mol. The van der Waals surface area contributed by atoms with Crippen molar-refractivity contribution in [3.8, 4) is 0 Å². The number of aliphatic hydroxyl groups is 1. The van der Waals surface area contributed by atoms with Gasteiger partial charge in [-0.15, -0.1) is 0 Å². The summed E-state index contributed by atoms with van der Waals surface area (Å²) >= 11 is 5.69. The van der Waals surface area contributed by atoms with Crippen molar-refractivity contribution in [1.29, 1.82) is 0 Å². The Balaban J connectivity index is 2.53. The van der Waals surface area contributed by atoms with E-state index in [1.54, 1.807) is 6.07 Å². The Labute approximate surface area is 110 Å². The van der Waals surface area contributed by atoms with Gasteiger partial charge in [0.1, 0.15) is 5.82 Å². The van der Waals surface area contributed by atoms with Crippen LogP contribution in [0.2, 0.25) is 5.02 Å². The third-order valence-corrected chi connectivity index (χ3v) is 2.50. The van der Waals surface area contributed by atoms with E-state index in [-0.39, 0.29) is 17.3 Å². The van der Waals surface area contributed by atoms with Gasteiger partial charge in [0.25, 0.3) is 0 Å². The van der Waals surface area contributed by atoms with Crippen molar-refractivity contribution in [2.75, 3.05) is 25.6 Å². The number of nitrogens with one attached hydrogen (secondary N) is 1. The Bertz CT molecular complexity index is 414. The number of nitrogens with zero attached hydrogens (tertiary/aromatic N) is 1. The van der Waals surface area contributed by atoms with Crippen molar-refractivity contribution >= 4 is 23.4 Å². The van der Waals surface area contributed by atoms with Crippen LogP contribution in [0.5, 0.6) is 0 Å². The molecule has 0 spiro atoms. The number of aliphatic hydroxyl groups excluding tert-OH is 1. The molecule has 0 aliphatic carbocycles. The largest absolute Gasteiger partial charge is 0.476 e. The zero-order valence-corrected chi connectivity index (χ0v) is 10.6. The van der Waals surface area contributed by atoms with Crippen LogP contribution in [-0.4, -0.2) is 47.5 Å². The topological polar surface area (TPSA) is 91.7 Å². The Kier molecular flexibility index (Phi) is 5.84. The lowest BCUT2D eigenvalue weighted by molar-refractivity contribution is 0.0615. The van der Waals surface area contributed by atoms with Gasteiger partial charge < -0.3 is 20.3 Å². The number of carboxylic acid groups (broad SMARTS) is 1. The molecule has 0 aliphatic heterocycles. The fourth-order valence-corrected chi connectivity index (χ4v) is 1.52. The highest BCUT2D eigenvalue weighted by molar-refractivity contribution is 6.33. The molecule has 1 unspecified atom stereocenters. The number of carbonyl (C=O) groups is 1. The van der Waals surface area contributed by atoms with Gasteiger partial charge in [0.05, 0.1) is 17.7 Å². The van der Waals surface area contributed by atoms with Gasteiger partial charge in [0.2, 0.25) is 0 Å².